The molecule has 0 radical (unpaired) electrons. The molecule has 3 heterocycles. The fourth-order valence-corrected chi connectivity index (χ4v) is 12.1. The Bertz CT molecular complexity index is 4020. The summed E-state index contributed by atoms with van der Waals surface area (Å²) in [6.45, 7) is 0. The molecule has 0 saturated carbocycles. The van der Waals surface area contributed by atoms with E-state index in [1.807, 2.05) is 0 Å². The zero-order valence-corrected chi connectivity index (χ0v) is 40.5. The zero-order valence-electron chi connectivity index (χ0n) is 37.0. The summed E-state index contributed by atoms with van der Waals surface area (Å²) in [5.74, 6) is 0.141. The molecule has 0 saturated heterocycles. The molecule has 12 aromatic rings. The van der Waals surface area contributed by atoms with Crippen molar-refractivity contribution < 1.29 is 8.83 Å². The Balaban J connectivity index is 0.854. The Morgan fingerprint density at radius 2 is 0.882 bits per heavy atom. The van der Waals surface area contributed by atoms with Crippen LogP contribution in [0.4, 0.5) is 0 Å². The Labute approximate surface area is 400 Å². The molecule has 0 fully saturated rings. The second kappa shape index (κ2) is 15.3. The van der Waals surface area contributed by atoms with E-state index in [-0.39, 0.29) is 16.5 Å². The number of para-hydroxylation sites is 2. The van der Waals surface area contributed by atoms with Gasteiger partial charge in [0.1, 0.15) is 22.3 Å². The largest absolute Gasteiger partial charge is 0.456 e. The highest BCUT2D eigenvalue weighted by Crippen LogP contribution is 2.51. The first-order chi connectivity index (χ1) is 33.3. The molecule has 3 nitrogen and oxygen atoms in total. The van der Waals surface area contributed by atoms with Gasteiger partial charge in [0.25, 0.3) is 0 Å². The first-order valence-electron chi connectivity index (χ1n) is 23.3. The summed E-state index contributed by atoms with van der Waals surface area (Å²) in [4.78, 5) is 0. The maximum absolute atomic E-state index is 6.85. The summed E-state index contributed by atoms with van der Waals surface area (Å²) in [7, 11) is 8.79. The summed E-state index contributed by atoms with van der Waals surface area (Å²) in [5.41, 5.74) is 20.9. The normalized spacial score (nSPS) is 15.2. The summed E-state index contributed by atoms with van der Waals surface area (Å²) in [6, 6.07) is 71.1. The molecule has 3 aromatic heterocycles. The summed E-state index contributed by atoms with van der Waals surface area (Å²) in [6.07, 6.45) is 5.62. The van der Waals surface area contributed by atoms with E-state index < -0.39 is 0 Å². The van der Waals surface area contributed by atoms with Crippen molar-refractivity contribution >= 4 is 105 Å². The minimum atomic E-state index is -0.201. The summed E-state index contributed by atoms with van der Waals surface area (Å²) in [5, 5.41) is 6.98. The molecular weight excluding hydrogens is 884 g/mol. The lowest BCUT2D eigenvalue weighted by molar-refractivity contribution is 0.667. The van der Waals surface area contributed by atoms with Crippen molar-refractivity contribution in [3.05, 3.63) is 245 Å². The predicted octanol–water partition coefficient (Wildman–Crippen LogP) is 17.1. The Hall–Kier alpha value is -6.85. The number of fused-ring (bicyclic) bond motifs is 12. The van der Waals surface area contributed by atoms with Gasteiger partial charge in [0, 0.05) is 60.5 Å². The third kappa shape index (κ3) is 6.23. The van der Waals surface area contributed by atoms with Crippen LogP contribution in [0.2, 0.25) is 0 Å². The lowest BCUT2D eigenvalue weighted by Gasteiger charge is -2.29. The number of benzene rings is 9. The number of nitrogens with zero attached hydrogens (tertiary/aromatic N) is 1. The molecule has 4 atom stereocenters. The quantitative estimate of drug-likeness (QED) is 0.156. The predicted molar refractivity (Wildman–Crippen MR) is 295 cm³/mol. The van der Waals surface area contributed by atoms with E-state index >= 15 is 0 Å². The molecule has 324 valence electrons. The number of furan rings is 2. The molecule has 6 heteroatoms. The molecule has 14 rings (SSSR count). The molecule has 0 aliphatic heterocycles. The van der Waals surface area contributed by atoms with Crippen molar-refractivity contribution in [1.29, 1.82) is 0 Å². The van der Waals surface area contributed by atoms with Crippen LogP contribution in [-0.4, -0.2) is 4.57 Å². The van der Waals surface area contributed by atoms with Crippen molar-refractivity contribution in [3.8, 4) is 16.8 Å². The van der Waals surface area contributed by atoms with Gasteiger partial charge in [0.05, 0.1) is 11.0 Å². The molecule has 0 spiro atoms. The minimum Gasteiger partial charge on any atom is -0.456 e. The average molecular weight is 928 g/mol. The van der Waals surface area contributed by atoms with Crippen LogP contribution in [0.15, 0.2) is 215 Å². The molecule has 9 aromatic carbocycles. The number of hydrogen-bond acceptors (Lipinski definition) is 2. The van der Waals surface area contributed by atoms with E-state index in [9.17, 15) is 0 Å². The lowest BCUT2D eigenvalue weighted by Crippen LogP contribution is -2.09. The standard InChI is InChI=1S/C62H44NO2P3/c66-62(67,68)40-25-20-36(21-26-40)60-42(37-22-28-48-50-30-24-39(34-58(50)64-56(48)32-37)61-52-14-3-1-10-44(52)45-11-2-4-15-53(45)61)16-9-17-43(60)38-23-29-49-51-31-27-41(35-59(51)65-57(49)33-38)63-54-18-7-5-12-46(54)47-13-6-8-19-55(47)63/h1-8,10-35,60-61H,9,66-68H2. The fourth-order valence-electron chi connectivity index (χ4n) is 11.6. The van der Waals surface area contributed by atoms with E-state index in [0.29, 0.717) is 0 Å². The highest BCUT2D eigenvalue weighted by Gasteiger charge is 2.31. The first-order valence-corrected chi connectivity index (χ1v) is 25.0. The van der Waals surface area contributed by atoms with E-state index in [0.717, 1.165) is 67.1 Å². The topological polar surface area (TPSA) is 31.2 Å². The van der Waals surface area contributed by atoms with E-state index in [1.54, 1.807) is 0 Å². The molecule has 2 aliphatic rings. The van der Waals surface area contributed by atoms with E-state index in [4.69, 9.17) is 8.83 Å². The van der Waals surface area contributed by atoms with E-state index in [2.05, 4.69) is 239 Å². The van der Waals surface area contributed by atoms with Gasteiger partial charge in [-0.2, -0.15) is 0 Å². The molecule has 0 bridgehead atoms. The number of aromatic nitrogens is 1. The van der Waals surface area contributed by atoms with Gasteiger partial charge < -0.3 is 13.4 Å². The van der Waals surface area contributed by atoms with Crippen molar-refractivity contribution in [2.45, 2.75) is 22.9 Å². The first kappa shape index (κ1) is 40.2. The highest BCUT2D eigenvalue weighted by atomic mass is 31.1. The van der Waals surface area contributed by atoms with Gasteiger partial charge in [0.15, 0.2) is 0 Å². The summed E-state index contributed by atoms with van der Waals surface area (Å²) < 4.78 is 15.8. The Kier molecular flexibility index (Phi) is 9.07. The molecular formula is C62H44NO2P3. The van der Waals surface area contributed by atoms with Crippen molar-refractivity contribution in [2.75, 3.05) is 0 Å². The molecule has 0 N–H and O–H groups in total. The Morgan fingerprint density at radius 3 is 1.46 bits per heavy atom. The van der Waals surface area contributed by atoms with Gasteiger partial charge in [-0.1, -0.05) is 146 Å². The van der Waals surface area contributed by atoms with Gasteiger partial charge in [-0.15, -0.1) is 27.7 Å². The van der Waals surface area contributed by atoms with Gasteiger partial charge >= 0.3 is 0 Å². The third-order valence-electron chi connectivity index (χ3n) is 14.7. The van der Waals surface area contributed by atoms with E-state index in [1.165, 1.54) is 71.9 Å². The molecule has 2 aliphatic carbocycles. The fraction of sp³-hybridized carbons (Fsp3) is 0.0645. The number of rotatable bonds is 6. The van der Waals surface area contributed by atoms with Crippen LogP contribution in [0.1, 0.15) is 57.2 Å². The molecule has 68 heavy (non-hydrogen) atoms. The van der Waals surface area contributed by atoms with Crippen LogP contribution in [-0.2, 0) is 4.64 Å². The van der Waals surface area contributed by atoms with Crippen LogP contribution in [0.3, 0.4) is 0 Å². The molecule has 4 unspecified atom stereocenters. The maximum Gasteiger partial charge on any atom is 0.137 e. The number of hydrogen-bond donors (Lipinski definition) is 0. The second-order valence-corrected chi connectivity index (χ2v) is 23.4. The van der Waals surface area contributed by atoms with Crippen LogP contribution in [0, 0.1) is 0 Å². The van der Waals surface area contributed by atoms with Crippen LogP contribution in [0.25, 0.3) is 93.6 Å². The van der Waals surface area contributed by atoms with Gasteiger partial charge in [-0.05, 0) is 122 Å². The van der Waals surface area contributed by atoms with Crippen molar-refractivity contribution in [2.24, 2.45) is 0 Å². The van der Waals surface area contributed by atoms with Gasteiger partial charge in [-0.3, -0.25) is 0 Å². The van der Waals surface area contributed by atoms with Gasteiger partial charge in [-0.25, -0.2) is 0 Å². The van der Waals surface area contributed by atoms with Crippen LogP contribution in [0.5, 0.6) is 0 Å². The summed E-state index contributed by atoms with van der Waals surface area (Å²) >= 11 is 0. The smallest absolute Gasteiger partial charge is 0.137 e. The van der Waals surface area contributed by atoms with Gasteiger partial charge in [0.2, 0.25) is 0 Å². The maximum atomic E-state index is 6.85. The molecule has 0 amide bonds. The van der Waals surface area contributed by atoms with Crippen LogP contribution < -0.4 is 0 Å². The highest BCUT2D eigenvalue weighted by molar-refractivity contribution is 7.56. The third-order valence-corrected chi connectivity index (χ3v) is 15.7. The van der Waals surface area contributed by atoms with Crippen LogP contribution >= 0.6 is 27.7 Å². The monoisotopic (exact) mass is 927 g/mol. The van der Waals surface area contributed by atoms with Crippen molar-refractivity contribution in [1.82, 2.24) is 4.57 Å². The van der Waals surface area contributed by atoms with Crippen molar-refractivity contribution in [3.63, 3.8) is 0 Å². The second-order valence-electron chi connectivity index (χ2n) is 18.6. The SMILES string of the molecule is PC(P)(P)c1ccc(C2C(c3ccc4c(c3)oc3cc(C5c6ccccc6-c6ccccc65)ccc34)=CCC=C2c2ccc3c(c2)oc2cc(-n4c5ccccc5c5ccccc54)ccc23)cc1. The zero-order chi connectivity index (χ0) is 45.3. The lowest BCUT2D eigenvalue weighted by atomic mass is 9.75. The number of allylic oxidation sites excluding steroid dienone is 4. The average Bonchev–Trinajstić information content (AvgIpc) is 4.12. The Morgan fingerprint density at radius 1 is 0.412 bits per heavy atom. The minimum absolute atomic E-state index is 0.0228.